The number of carbonyl (C=O) groups is 6. The zero-order chi connectivity index (χ0) is 46.7. The third-order valence-corrected chi connectivity index (χ3v) is 11.8. The Kier molecular flexibility index (Phi) is 15.3. The Labute approximate surface area is 381 Å². The molecule has 3 aromatic carbocycles. The Morgan fingerprint density at radius 1 is 0.833 bits per heavy atom. The van der Waals surface area contributed by atoms with E-state index in [0.717, 1.165) is 11.3 Å². The summed E-state index contributed by atoms with van der Waals surface area (Å²) in [5, 5.41) is 10.1. The Morgan fingerprint density at radius 2 is 1.53 bits per heavy atom. The van der Waals surface area contributed by atoms with E-state index in [9.17, 15) is 28.8 Å². The van der Waals surface area contributed by atoms with Crippen molar-refractivity contribution in [2.75, 3.05) is 64.5 Å². The van der Waals surface area contributed by atoms with Gasteiger partial charge in [0.1, 0.15) is 34.6 Å². The lowest BCUT2D eigenvalue weighted by Crippen LogP contribution is -2.54. The van der Waals surface area contributed by atoms with Gasteiger partial charge in [-0.15, -0.1) is 0 Å². The fraction of sp³-hybridized carbons (Fsp3) is 0.370. The van der Waals surface area contributed by atoms with E-state index in [-0.39, 0.29) is 72.0 Å². The van der Waals surface area contributed by atoms with E-state index in [1.54, 1.807) is 41.3 Å². The highest BCUT2D eigenvalue weighted by molar-refractivity contribution is 6.25. The van der Waals surface area contributed by atoms with Crippen molar-refractivity contribution in [1.82, 2.24) is 25.4 Å². The molecule has 0 aromatic heterocycles. The minimum absolute atomic E-state index is 0.00596. The van der Waals surface area contributed by atoms with E-state index in [1.165, 1.54) is 17.3 Å². The predicted molar refractivity (Wildman–Crippen MR) is 243 cm³/mol. The summed E-state index contributed by atoms with van der Waals surface area (Å²) in [5.74, 6) is 4.73. The van der Waals surface area contributed by atoms with Gasteiger partial charge in [-0.2, -0.15) is 0 Å². The van der Waals surface area contributed by atoms with Crippen LogP contribution < -0.4 is 43.7 Å². The predicted octanol–water partition coefficient (Wildman–Crippen LogP) is 1.16. The van der Waals surface area contributed by atoms with Crippen LogP contribution in [0.15, 0.2) is 95.3 Å². The SMILES string of the molecule is NC(=O)C(C1=NCC[C@@H](C2CCN(C(=O)/C(N)=C/N(N)CCOCCOCCNc3ccc4c(c3)C(=O)N(C3CCC(=O)NC3=O)C4=O)CC2)N1)=C(N)c1ccc(Oc2ccccc2)cc1. The van der Waals surface area contributed by atoms with Crippen LogP contribution >= 0.6 is 0 Å². The fourth-order valence-corrected chi connectivity index (χ4v) is 8.29. The number of likely N-dealkylation sites (tertiary alicyclic amines) is 1. The topological polar surface area (TPSA) is 292 Å². The first kappa shape index (κ1) is 46.7. The minimum Gasteiger partial charge on any atom is -0.457 e. The number of nitrogens with zero attached hydrogens (tertiary/aromatic N) is 4. The van der Waals surface area contributed by atoms with Crippen molar-refractivity contribution in [3.63, 3.8) is 0 Å². The molecule has 66 heavy (non-hydrogen) atoms. The maximum absolute atomic E-state index is 13.2. The van der Waals surface area contributed by atoms with Crippen LogP contribution in [0.4, 0.5) is 5.69 Å². The number of benzene rings is 3. The molecule has 1 unspecified atom stereocenters. The monoisotopic (exact) mass is 905 g/mol. The number of para-hydroxylation sites is 1. The molecule has 3 aromatic rings. The van der Waals surface area contributed by atoms with E-state index in [0.29, 0.717) is 87.4 Å². The second kappa shape index (κ2) is 21.6. The number of piperidine rings is 2. The third kappa shape index (κ3) is 11.3. The molecular formula is C46H55N11O9. The molecule has 2 atom stereocenters. The van der Waals surface area contributed by atoms with E-state index in [1.807, 2.05) is 30.3 Å². The largest absolute Gasteiger partial charge is 0.457 e. The maximum atomic E-state index is 13.2. The molecule has 2 fully saturated rings. The first-order valence-electron chi connectivity index (χ1n) is 21.8. The normalized spacial score (nSPS) is 19.3. The Bertz CT molecular complexity index is 2400. The van der Waals surface area contributed by atoms with Crippen molar-refractivity contribution in [2.45, 2.75) is 44.2 Å². The number of ether oxygens (including phenoxy) is 3. The lowest BCUT2D eigenvalue weighted by atomic mass is 9.86. The molecule has 0 radical (unpaired) electrons. The second-order valence-electron chi connectivity index (χ2n) is 16.2. The van der Waals surface area contributed by atoms with Crippen LogP contribution in [-0.2, 0) is 28.7 Å². The van der Waals surface area contributed by atoms with Crippen molar-refractivity contribution in [2.24, 2.45) is 34.0 Å². The molecule has 0 spiro atoms. The van der Waals surface area contributed by atoms with Gasteiger partial charge in [-0.1, -0.05) is 18.2 Å². The van der Waals surface area contributed by atoms with Crippen molar-refractivity contribution < 1.29 is 43.0 Å². The Balaban J connectivity index is 0.777. The van der Waals surface area contributed by atoms with Crippen LogP contribution in [0.3, 0.4) is 0 Å². The first-order chi connectivity index (χ1) is 31.9. The van der Waals surface area contributed by atoms with Crippen LogP contribution in [0.1, 0.15) is 58.4 Å². The van der Waals surface area contributed by atoms with Crippen molar-refractivity contribution in [1.29, 1.82) is 0 Å². The van der Waals surface area contributed by atoms with Crippen LogP contribution in [0.5, 0.6) is 11.5 Å². The van der Waals surface area contributed by atoms with Gasteiger partial charge >= 0.3 is 0 Å². The van der Waals surface area contributed by atoms with Crippen LogP contribution in [0.2, 0.25) is 0 Å². The number of aliphatic imine (C=N–C) groups is 1. The summed E-state index contributed by atoms with van der Waals surface area (Å²) in [7, 11) is 0. The number of imide groups is 2. The average Bonchev–Trinajstić information content (AvgIpc) is 3.56. The second-order valence-corrected chi connectivity index (χ2v) is 16.2. The molecule has 20 heteroatoms. The molecule has 11 N–H and O–H groups in total. The van der Waals surface area contributed by atoms with E-state index >= 15 is 0 Å². The van der Waals surface area contributed by atoms with Gasteiger partial charge in [0.15, 0.2) is 0 Å². The van der Waals surface area contributed by atoms with Crippen LogP contribution in [0.25, 0.3) is 5.70 Å². The lowest BCUT2D eigenvalue weighted by Gasteiger charge is -2.38. The number of anilines is 1. The molecule has 4 aliphatic rings. The quantitative estimate of drug-likeness (QED) is 0.0292. The summed E-state index contributed by atoms with van der Waals surface area (Å²) < 4.78 is 17.1. The number of amides is 6. The zero-order valence-corrected chi connectivity index (χ0v) is 36.4. The summed E-state index contributed by atoms with van der Waals surface area (Å²) in [6.07, 6.45) is 3.70. The van der Waals surface area contributed by atoms with Gasteiger partial charge in [-0.25, -0.2) is 5.84 Å². The molecule has 4 heterocycles. The molecule has 0 aliphatic carbocycles. The van der Waals surface area contributed by atoms with Gasteiger partial charge in [-0.3, -0.25) is 44.0 Å². The van der Waals surface area contributed by atoms with Crippen molar-refractivity contribution in [3.05, 3.63) is 107 Å². The van der Waals surface area contributed by atoms with Crippen molar-refractivity contribution in [3.8, 4) is 11.5 Å². The van der Waals surface area contributed by atoms with Gasteiger partial charge in [-0.05, 0) is 91.8 Å². The number of hydrogen-bond acceptors (Lipinski definition) is 16. The summed E-state index contributed by atoms with van der Waals surface area (Å²) in [6, 6.07) is 20.2. The van der Waals surface area contributed by atoms with Gasteiger partial charge in [0.05, 0.1) is 49.8 Å². The van der Waals surface area contributed by atoms with Gasteiger partial charge in [0, 0.05) is 50.5 Å². The van der Waals surface area contributed by atoms with Gasteiger partial charge in [0.2, 0.25) is 11.8 Å². The molecule has 20 nitrogen and oxygen atoms in total. The number of fused-ring (bicyclic) bond motifs is 1. The standard InChI is InChI=1S/C46H55N11O9/c47-35(27-56(50)21-23-65-25-24-64-22-18-51-30-8-11-33-34(26-30)45(62)57(44(33)61)37-12-13-38(58)54-43(37)60)46(63)55-19-15-28(16-20-55)36-14-17-52-42(53-36)39(41(49)59)40(48)29-6-9-32(10-7-29)66-31-4-2-1-3-5-31/h1-11,26-28,36-37,51H,12-25,47-48,50H2,(H2,49,59)(H,52,53)(H,54,58,60)/b35-27-,40-39?/t36-,37?/m0/s1. The van der Waals surface area contributed by atoms with E-state index in [2.05, 4.69) is 20.9 Å². The Morgan fingerprint density at radius 3 is 2.24 bits per heavy atom. The fourth-order valence-electron chi connectivity index (χ4n) is 8.29. The summed E-state index contributed by atoms with van der Waals surface area (Å²) in [5.41, 5.74) is 20.5. The number of hydrogen-bond donors (Lipinski definition) is 7. The molecule has 0 saturated carbocycles. The van der Waals surface area contributed by atoms with Gasteiger partial charge in [0.25, 0.3) is 23.6 Å². The molecule has 4 aliphatic heterocycles. The summed E-state index contributed by atoms with van der Waals surface area (Å²) >= 11 is 0. The third-order valence-electron chi connectivity index (χ3n) is 11.8. The average molecular weight is 906 g/mol. The smallest absolute Gasteiger partial charge is 0.271 e. The number of nitrogens with one attached hydrogen (secondary N) is 3. The first-order valence-corrected chi connectivity index (χ1v) is 21.8. The molecule has 7 rings (SSSR count). The molecular weight excluding hydrogens is 851 g/mol. The number of primary amides is 1. The molecule has 0 bridgehead atoms. The highest BCUT2D eigenvalue weighted by Gasteiger charge is 2.44. The number of hydrazine groups is 1. The van der Waals surface area contributed by atoms with Crippen LogP contribution in [-0.4, -0.2) is 127 Å². The highest BCUT2D eigenvalue weighted by Crippen LogP contribution is 2.30. The van der Waals surface area contributed by atoms with E-state index in [4.69, 9.17) is 37.3 Å². The Hall–Kier alpha value is -7.29. The molecule has 2 saturated heterocycles. The number of amidine groups is 1. The van der Waals surface area contributed by atoms with E-state index < -0.39 is 35.6 Å². The molecule has 348 valence electrons. The summed E-state index contributed by atoms with van der Waals surface area (Å²) in [4.78, 5) is 83.0. The minimum atomic E-state index is -1.02. The molecule has 6 amide bonds. The number of nitrogens with two attached hydrogens (primary N) is 4. The summed E-state index contributed by atoms with van der Waals surface area (Å²) in [6.45, 7) is 3.33. The van der Waals surface area contributed by atoms with Crippen molar-refractivity contribution >= 4 is 52.7 Å². The highest BCUT2D eigenvalue weighted by atomic mass is 16.5. The van der Waals surface area contributed by atoms with Crippen LogP contribution in [0, 0.1) is 5.92 Å². The number of rotatable bonds is 19. The maximum Gasteiger partial charge on any atom is 0.271 e. The lowest BCUT2D eigenvalue weighted by molar-refractivity contribution is -0.136. The van der Waals surface area contributed by atoms with Gasteiger partial charge < -0.3 is 52.0 Å². The number of carbonyl (C=O) groups excluding carboxylic acids is 6. The zero-order valence-electron chi connectivity index (χ0n) is 36.4.